The van der Waals surface area contributed by atoms with Gasteiger partial charge in [0.25, 0.3) is 0 Å². The molecule has 2 rings (SSSR count). The second-order valence-corrected chi connectivity index (χ2v) is 5.46. The summed E-state index contributed by atoms with van der Waals surface area (Å²) in [6.07, 6.45) is 6.50. The van der Waals surface area contributed by atoms with Crippen LogP contribution < -0.4 is 5.32 Å². The van der Waals surface area contributed by atoms with E-state index in [1.165, 1.54) is 24.8 Å². The topological polar surface area (TPSA) is 29.1 Å². The number of carbonyl (C=O) groups is 1. The van der Waals surface area contributed by atoms with Gasteiger partial charge in [0.2, 0.25) is 5.24 Å². The van der Waals surface area contributed by atoms with Crippen LogP contribution in [-0.2, 0) is 10.3 Å². The van der Waals surface area contributed by atoms with Crippen LogP contribution in [0.15, 0.2) is 30.3 Å². The van der Waals surface area contributed by atoms with Crippen molar-refractivity contribution < 1.29 is 4.79 Å². The van der Waals surface area contributed by atoms with E-state index >= 15 is 0 Å². The molecule has 1 aromatic carbocycles. The fourth-order valence-corrected chi connectivity index (χ4v) is 2.97. The predicted octanol–water partition coefficient (Wildman–Crippen LogP) is 3.59. The molecule has 2 nitrogen and oxygen atoms in total. The van der Waals surface area contributed by atoms with Crippen molar-refractivity contribution in [2.24, 2.45) is 0 Å². The van der Waals surface area contributed by atoms with Crippen LogP contribution in [0.1, 0.15) is 44.1 Å². The first-order valence-electron chi connectivity index (χ1n) is 6.72. The Morgan fingerprint density at radius 2 is 1.83 bits per heavy atom. The van der Waals surface area contributed by atoms with Gasteiger partial charge < -0.3 is 5.32 Å². The van der Waals surface area contributed by atoms with Gasteiger partial charge in [-0.05, 0) is 30.0 Å². The lowest BCUT2D eigenvalue weighted by molar-refractivity contribution is -0.111. The molecule has 1 fully saturated rings. The summed E-state index contributed by atoms with van der Waals surface area (Å²) in [5.41, 5.74) is 1.39. The zero-order valence-electron chi connectivity index (χ0n) is 10.6. The minimum absolute atomic E-state index is 0.0475. The lowest BCUT2D eigenvalue weighted by Gasteiger charge is -2.39. The van der Waals surface area contributed by atoms with E-state index in [-0.39, 0.29) is 10.8 Å². The molecular weight excluding hydrogens is 246 g/mol. The van der Waals surface area contributed by atoms with Crippen LogP contribution in [0.25, 0.3) is 0 Å². The lowest BCUT2D eigenvalue weighted by Crippen LogP contribution is -2.44. The standard InChI is InChI=1S/C15H20ClNO/c16-14(18)9-12-17-15(10-5-2-6-11-15)13-7-3-1-4-8-13/h1,3-4,7-8,17H,2,5-6,9-12H2. The quantitative estimate of drug-likeness (QED) is 0.825. The first-order valence-corrected chi connectivity index (χ1v) is 7.10. The van der Waals surface area contributed by atoms with E-state index in [4.69, 9.17) is 11.6 Å². The summed E-state index contributed by atoms with van der Waals surface area (Å²) in [4.78, 5) is 10.9. The van der Waals surface area contributed by atoms with Crippen molar-refractivity contribution in [2.45, 2.75) is 44.1 Å². The Morgan fingerprint density at radius 3 is 2.44 bits per heavy atom. The van der Waals surface area contributed by atoms with Crippen LogP contribution >= 0.6 is 11.6 Å². The molecule has 3 heteroatoms. The third-order valence-corrected chi connectivity index (χ3v) is 4.01. The number of benzene rings is 1. The first-order chi connectivity index (χ1) is 8.73. The molecule has 0 saturated heterocycles. The van der Waals surface area contributed by atoms with E-state index in [0.717, 1.165) is 12.8 Å². The summed E-state index contributed by atoms with van der Waals surface area (Å²) in [5.74, 6) is 0. The van der Waals surface area contributed by atoms with Gasteiger partial charge in [0, 0.05) is 18.5 Å². The maximum Gasteiger partial charge on any atom is 0.222 e. The number of halogens is 1. The second-order valence-electron chi connectivity index (χ2n) is 5.04. The van der Waals surface area contributed by atoms with Gasteiger partial charge >= 0.3 is 0 Å². The van der Waals surface area contributed by atoms with Gasteiger partial charge in [-0.2, -0.15) is 0 Å². The molecule has 0 heterocycles. The second kappa shape index (κ2) is 6.35. The fourth-order valence-electron chi connectivity index (χ4n) is 2.88. The molecule has 1 saturated carbocycles. The molecule has 1 N–H and O–H groups in total. The van der Waals surface area contributed by atoms with Crippen LogP contribution in [0, 0.1) is 0 Å². The zero-order valence-corrected chi connectivity index (χ0v) is 11.4. The van der Waals surface area contributed by atoms with E-state index in [1.54, 1.807) is 0 Å². The van der Waals surface area contributed by atoms with Gasteiger partial charge in [-0.15, -0.1) is 0 Å². The van der Waals surface area contributed by atoms with Gasteiger partial charge in [-0.1, -0.05) is 49.6 Å². The van der Waals surface area contributed by atoms with Gasteiger partial charge in [0.05, 0.1) is 0 Å². The Labute approximate surface area is 114 Å². The maximum absolute atomic E-state index is 10.9. The average molecular weight is 266 g/mol. The van der Waals surface area contributed by atoms with Crippen LogP contribution in [0.2, 0.25) is 0 Å². The van der Waals surface area contributed by atoms with Crippen LogP contribution in [0.5, 0.6) is 0 Å². The summed E-state index contributed by atoms with van der Waals surface area (Å²) in [6.45, 7) is 0.664. The summed E-state index contributed by atoms with van der Waals surface area (Å²) in [5, 5.41) is 3.31. The van der Waals surface area contributed by atoms with Crippen molar-refractivity contribution in [3.05, 3.63) is 35.9 Å². The highest BCUT2D eigenvalue weighted by molar-refractivity contribution is 6.63. The summed E-state index contributed by atoms with van der Waals surface area (Å²) in [7, 11) is 0. The molecule has 1 aliphatic carbocycles. The Bertz CT molecular complexity index is 385. The third-order valence-electron chi connectivity index (χ3n) is 3.82. The van der Waals surface area contributed by atoms with Crippen molar-refractivity contribution in [3.63, 3.8) is 0 Å². The molecule has 0 amide bonds. The van der Waals surface area contributed by atoms with Crippen molar-refractivity contribution in [2.75, 3.05) is 6.54 Å². The van der Waals surface area contributed by atoms with Crippen molar-refractivity contribution in [3.8, 4) is 0 Å². The molecule has 1 aromatic rings. The highest BCUT2D eigenvalue weighted by Gasteiger charge is 2.32. The van der Waals surface area contributed by atoms with Crippen LogP contribution in [-0.4, -0.2) is 11.8 Å². The molecule has 1 aliphatic rings. The predicted molar refractivity (Wildman–Crippen MR) is 74.7 cm³/mol. The monoisotopic (exact) mass is 265 g/mol. The molecule has 0 radical (unpaired) electrons. The Hall–Kier alpha value is -0.860. The Kier molecular flexibility index (Phi) is 4.79. The van der Waals surface area contributed by atoms with Gasteiger partial charge in [0.15, 0.2) is 0 Å². The SMILES string of the molecule is O=C(Cl)CCNC1(c2ccccc2)CCCCC1. The summed E-state index contributed by atoms with van der Waals surface area (Å²) in [6, 6.07) is 10.6. The average Bonchev–Trinajstić information content (AvgIpc) is 2.40. The van der Waals surface area contributed by atoms with Gasteiger partial charge in [-0.25, -0.2) is 0 Å². The summed E-state index contributed by atoms with van der Waals surface area (Å²) >= 11 is 5.41. The fraction of sp³-hybridized carbons (Fsp3) is 0.533. The Balaban J connectivity index is 2.10. The number of nitrogens with one attached hydrogen (secondary N) is 1. The van der Waals surface area contributed by atoms with Crippen molar-refractivity contribution >= 4 is 16.8 Å². The van der Waals surface area contributed by atoms with Gasteiger partial charge in [-0.3, -0.25) is 4.79 Å². The molecule has 0 atom stereocenters. The van der Waals surface area contributed by atoms with Crippen molar-refractivity contribution in [1.82, 2.24) is 5.32 Å². The van der Waals surface area contributed by atoms with Crippen molar-refractivity contribution in [1.29, 1.82) is 0 Å². The van der Waals surface area contributed by atoms with Gasteiger partial charge in [0.1, 0.15) is 0 Å². The number of hydrogen-bond donors (Lipinski definition) is 1. The van der Waals surface area contributed by atoms with E-state index in [9.17, 15) is 4.79 Å². The molecule has 0 spiro atoms. The zero-order chi connectivity index (χ0) is 12.8. The largest absolute Gasteiger partial charge is 0.307 e. The van der Waals surface area contributed by atoms with Crippen LogP contribution in [0.4, 0.5) is 0 Å². The molecule has 0 aromatic heterocycles. The number of carbonyl (C=O) groups excluding carboxylic acids is 1. The maximum atomic E-state index is 10.9. The van der Waals surface area contributed by atoms with Crippen LogP contribution in [0.3, 0.4) is 0 Å². The lowest BCUT2D eigenvalue weighted by atomic mass is 9.76. The smallest absolute Gasteiger partial charge is 0.222 e. The van der Waals surface area contributed by atoms with E-state index in [1.807, 2.05) is 6.07 Å². The van der Waals surface area contributed by atoms with E-state index in [0.29, 0.717) is 13.0 Å². The molecule has 0 aliphatic heterocycles. The molecule has 0 bridgehead atoms. The Morgan fingerprint density at radius 1 is 1.17 bits per heavy atom. The normalized spacial score (nSPS) is 18.5. The molecule has 0 unspecified atom stereocenters. The minimum atomic E-state index is -0.262. The van der Waals surface area contributed by atoms with E-state index in [2.05, 4.69) is 29.6 Å². The minimum Gasteiger partial charge on any atom is -0.307 e. The molecule has 18 heavy (non-hydrogen) atoms. The highest BCUT2D eigenvalue weighted by Crippen LogP contribution is 2.36. The third kappa shape index (κ3) is 3.33. The highest BCUT2D eigenvalue weighted by atomic mass is 35.5. The number of hydrogen-bond acceptors (Lipinski definition) is 2. The molecule has 98 valence electrons. The summed E-state index contributed by atoms with van der Waals surface area (Å²) < 4.78 is 0. The van der Waals surface area contributed by atoms with E-state index < -0.39 is 0 Å². The number of rotatable bonds is 5. The molecular formula is C15H20ClNO. The first kappa shape index (κ1) is 13.6.